The van der Waals surface area contributed by atoms with Crippen molar-refractivity contribution in [2.45, 2.75) is 392 Å². The number of quaternary nitrogens is 1. The lowest BCUT2D eigenvalue weighted by molar-refractivity contribution is -0.870. The van der Waals surface area contributed by atoms with Crippen LogP contribution < -0.4 is 5.32 Å². The third kappa shape index (κ3) is 66.5. The molecule has 0 aliphatic rings. The van der Waals surface area contributed by atoms with E-state index in [1.54, 1.807) is 0 Å². The van der Waals surface area contributed by atoms with Gasteiger partial charge in [-0.05, 0) is 63.9 Å². The molecule has 0 heterocycles. The maximum Gasteiger partial charge on any atom is 0.472 e. The van der Waals surface area contributed by atoms with E-state index in [0.29, 0.717) is 23.9 Å². The summed E-state index contributed by atoms with van der Waals surface area (Å²) in [6, 6.07) is -0.845. The minimum atomic E-state index is -4.45. The van der Waals surface area contributed by atoms with Crippen LogP contribution in [0, 0.1) is 0 Å². The lowest BCUT2D eigenvalue weighted by Gasteiger charge is -2.27. The van der Waals surface area contributed by atoms with Crippen LogP contribution in [0.5, 0.6) is 0 Å². The van der Waals surface area contributed by atoms with Crippen molar-refractivity contribution in [1.29, 1.82) is 0 Å². The Morgan fingerprint density at radius 3 is 1.08 bits per heavy atom. The molecule has 3 unspecified atom stereocenters. The van der Waals surface area contributed by atoms with Gasteiger partial charge in [0, 0.05) is 12.8 Å². The molecular weight excluding hydrogens is 1070 g/mol. The molecule has 3 atom stereocenters. The summed E-state index contributed by atoms with van der Waals surface area (Å²) in [6.07, 6.45) is 81.6. The van der Waals surface area contributed by atoms with Gasteiger partial charge >= 0.3 is 13.8 Å². The number of hydrogen-bond donors (Lipinski definition) is 2. The predicted octanol–water partition coefficient (Wildman–Crippen LogP) is 23.8. The summed E-state index contributed by atoms with van der Waals surface area (Å²) in [7, 11) is 1.52. The van der Waals surface area contributed by atoms with Crippen molar-refractivity contribution in [3.05, 3.63) is 36.5 Å². The first-order chi connectivity index (χ1) is 41.4. The lowest BCUT2D eigenvalue weighted by atomic mass is 10.0. The van der Waals surface area contributed by atoms with Crippen molar-refractivity contribution in [1.82, 2.24) is 5.32 Å². The van der Waals surface area contributed by atoms with Gasteiger partial charge in [-0.15, -0.1) is 0 Å². The van der Waals surface area contributed by atoms with E-state index < -0.39 is 20.0 Å². The normalized spacial score (nSPS) is 13.6. The third-order valence-corrected chi connectivity index (χ3v) is 18.1. The molecule has 9 nitrogen and oxygen atoms in total. The molecule has 0 aromatic heterocycles. The van der Waals surface area contributed by atoms with Gasteiger partial charge in [0.2, 0.25) is 5.91 Å². The third-order valence-electron chi connectivity index (χ3n) is 17.1. The number of carbonyl (C=O) groups excluding carboxylic acids is 2. The summed E-state index contributed by atoms with van der Waals surface area (Å²) >= 11 is 0. The molecule has 0 aliphatic carbocycles. The van der Waals surface area contributed by atoms with E-state index in [-0.39, 0.29) is 25.1 Å². The highest BCUT2D eigenvalue weighted by molar-refractivity contribution is 7.47. The molecule has 0 rings (SSSR count). The summed E-state index contributed by atoms with van der Waals surface area (Å²) in [5, 5.41) is 3.08. The average molecular weight is 1220 g/mol. The van der Waals surface area contributed by atoms with Gasteiger partial charge < -0.3 is 19.4 Å². The predicted molar refractivity (Wildman–Crippen MR) is 369 cm³/mol. The molecule has 0 saturated heterocycles. The zero-order valence-corrected chi connectivity index (χ0v) is 58.5. The zero-order chi connectivity index (χ0) is 62.1. The first-order valence-corrected chi connectivity index (χ1v) is 38.8. The second-order valence-corrected chi connectivity index (χ2v) is 28.3. The number of hydrogen-bond acceptors (Lipinski definition) is 6. The minimum absolute atomic E-state index is 0.0435. The number of allylic oxidation sites excluding steroid dienone is 5. The number of carbonyl (C=O) groups is 2. The molecule has 502 valence electrons. The Morgan fingerprint density at radius 1 is 0.412 bits per heavy atom. The first-order valence-electron chi connectivity index (χ1n) is 37.3. The van der Waals surface area contributed by atoms with Gasteiger partial charge in [-0.1, -0.05) is 340 Å². The summed E-state index contributed by atoms with van der Waals surface area (Å²) in [5.74, 6) is -0.483. The van der Waals surface area contributed by atoms with E-state index in [1.807, 2.05) is 27.2 Å². The van der Waals surface area contributed by atoms with Crippen molar-refractivity contribution in [2.75, 3.05) is 40.9 Å². The van der Waals surface area contributed by atoms with Gasteiger partial charge in [0.25, 0.3) is 0 Å². The van der Waals surface area contributed by atoms with Gasteiger partial charge in [0.1, 0.15) is 19.3 Å². The maximum absolute atomic E-state index is 13.6. The van der Waals surface area contributed by atoms with Gasteiger partial charge in [-0.2, -0.15) is 0 Å². The molecule has 0 bridgehead atoms. The summed E-state index contributed by atoms with van der Waals surface area (Å²) < 4.78 is 30.9. The average Bonchev–Trinajstić information content (AvgIpc) is 3.52. The topological polar surface area (TPSA) is 111 Å². The molecule has 0 aromatic carbocycles. The van der Waals surface area contributed by atoms with Gasteiger partial charge in [0.15, 0.2) is 0 Å². The van der Waals surface area contributed by atoms with Crippen LogP contribution in [-0.4, -0.2) is 74.3 Å². The molecule has 0 saturated carbocycles. The fourth-order valence-corrected chi connectivity index (χ4v) is 12.1. The van der Waals surface area contributed by atoms with Crippen molar-refractivity contribution >= 4 is 19.7 Å². The zero-order valence-electron chi connectivity index (χ0n) is 57.6. The Hall–Kier alpha value is -1.77. The van der Waals surface area contributed by atoms with Gasteiger partial charge in [-0.25, -0.2) is 4.57 Å². The lowest BCUT2D eigenvalue weighted by Crippen LogP contribution is -2.47. The molecular formula is C75H146N2O7P+. The number of phosphoric acid groups is 1. The highest BCUT2D eigenvalue weighted by Crippen LogP contribution is 2.43. The molecule has 85 heavy (non-hydrogen) atoms. The van der Waals surface area contributed by atoms with Crippen LogP contribution in [0.15, 0.2) is 36.5 Å². The maximum atomic E-state index is 13.6. The summed E-state index contributed by atoms with van der Waals surface area (Å²) in [5.41, 5.74) is 0. The molecule has 0 spiro atoms. The Kier molecular flexibility index (Phi) is 63.8. The molecule has 0 radical (unpaired) electrons. The van der Waals surface area contributed by atoms with E-state index >= 15 is 0 Å². The SMILES string of the molecule is CCCCC/C=C\C/C=C\CCCCCCCCCCCCCCCC(=O)OC(/C=C/CCCCCCCCCCCCC)C(COP(=O)(O)OCC[N+](C)(C)C)NC(=O)CCCCCCCCCCCCCCCCCCCCCCCCC. The second kappa shape index (κ2) is 65.2. The van der Waals surface area contributed by atoms with Crippen LogP contribution in [0.4, 0.5) is 0 Å². The number of unbranched alkanes of at least 4 members (excludes halogenated alkanes) is 49. The Bertz CT molecular complexity index is 1550. The fourth-order valence-electron chi connectivity index (χ4n) is 11.3. The minimum Gasteiger partial charge on any atom is -0.456 e. The van der Waals surface area contributed by atoms with E-state index in [1.165, 1.54) is 283 Å². The smallest absolute Gasteiger partial charge is 0.456 e. The quantitative estimate of drug-likeness (QED) is 0.0205. The van der Waals surface area contributed by atoms with Crippen LogP contribution in [-0.2, 0) is 27.9 Å². The largest absolute Gasteiger partial charge is 0.472 e. The summed E-state index contributed by atoms with van der Waals surface area (Å²) in [6.45, 7) is 7.06. The van der Waals surface area contributed by atoms with E-state index in [4.69, 9.17) is 13.8 Å². The summed E-state index contributed by atoms with van der Waals surface area (Å²) in [4.78, 5) is 38.0. The van der Waals surface area contributed by atoms with Crippen molar-refractivity contribution < 1.29 is 37.3 Å². The monoisotopic (exact) mass is 1220 g/mol. The Labute approximate surface area is 529 Å². The van der Waals surface area contributed by atoms with Crippen molar-refractivity contribution in [3.63, 3.8) is 0 Å². The number of nitrogens with one attached hydrogen (secondary N) is 1. The van der Waals surface area contributed by atoms with E-state index in [0.717, 1.165) is 64.2 Å². The number of amides is 1. The molecule has 0 fully saturated rings. The van der Waals surface area contributed by atoms with E-state index in [9.17, 15) is 19.0 Å². The number of phosphoric ester groups is 1. The van der Waals surface area contributed by atoms with Crippen LogP contribution in [0.2, 0.25) is 0 Å². The molecule has 1 amide bonds. The highest BCUT2D eigenvalue weighted by Gasteiger charge is 2.30. The van der Waals surface area contributed by atoms with Crippen molar-refractivity contribution in [2.24, 2.45) is 0 Å². The second-order valence-electron chi connectivity index (χ2n) is 26.8. The molecule has 2 N–H and O–H groups in total. The Balaban J connectivity index is 5.03. The number of nitrogens with zero attached hydrogens (tertiary/aromatic N) is 1. The molecule has 0 aromatic rings. The van der Waals surface area contributed by atoms with Crippen LogP contribution in [0.3, 0.4) is 0 Å². The standard InChI is InChI=1S/C75H145N2O7P/c1-7-10-13-16-19-22-25-28-30-32-34-36-38-40-42-44-46-49-52-55-58-61-64-67-74(78)76-72(71-83-85(80,81)82-70-69-77(4,5)6)73(66-63-60-57-54-51-48-27-24-21-18-15-12-9-3)84-75(79)68-65-62-59-56-53-50-47-45-43-41-39-37-35-33-31-29-26-23-20-17-14-11-8-2/h20,23,29,31,63,66,72-73H,7-19,21-22,24-28,30,32-62,64-65,67-71H2,1-6H3,(H-,76,78,80,81)/p+1/b23-20-,31-29-,66-63+. The first kappa shape index (κ1) is 83.2. The fraction of sp³-hybridized carbons (Fsp3) is 0.893. The number of likely N-dealkylation sites (N-methyl/N-ethyl adjacent to an activating group) is 1. The van der Waals surface area contributed by atoms with Crippen molar-refractivity contribution in [3.8, 4) is 0 Å². The number of ether oxygens (including phenoxy) is 1. The van der Waals surface area contributed by atoms with Crippen LogP contribution in [0.1, 0.15) is 380 Å². The molecule has 0 aliphatic heterocycles. The number of rotatable bonds is 69. The highest BCUT2D eigenvalue weighted by atomic mass is 31.2. The van der Waals surface area contributed by atoms with Gasteiger partial charge in [-0.3, -0.25) is 18.6 Å². The van der Waals surface area contributed by atoms with E-state index in [2.05, 4.69) is 56.5 Å². The molecule has 10 heteroatoms. The number of esters is 1. The Morgan fingerprint density at radius 2 is 0.718 bits per heavy atom. The van der Waals surface area contributed by atoms with Crippen LogP contribution >= 0.6 is 7.82 Å². The van der Waals surface area contributed by atoms with Gasteiger partial charge in [0.05, 0.1) is 33.8 Å². The van der Waals surface area contributed by atoms with Crippen LogP contribution in [0.25, 0.3) is 0 Å².